The van der Waals surface area contributed by atoms with Crippen LogP contribution in [0.1, 0.15) is 99.3 Å². The van der Waals surface area contributed by atoms with Crippen molar-refractivity contribution in [3.05, 3.63) is 11.6 Å². The topological polar surface area (TPSA) is 68.1 Å². The van der Waals surface area contributed by atoms with E-state index in [9.17, 15) is 9.90 Å². The molecule has 3 fully saturated rings. The second-order valence-electron chi connectivity index (χ2n) is 13.2. The van der Waals surface area contributed by atoms with Crippen molar-refractivity contribution in [2.45, 2.75) is 117 Å². The van der Waals surface area contributed by atoms with E-state index < -0.39 is 5.60 Å². The Morgan fingerprint density at radius 3 is 2.62 bits per heavy atom. The summed E-state index contributed by atoms with van der Waals surface area (Å²) in [6.45, 7) is 12.8. The van der Waals surface area contributed by atoms with Gasteiger partial charge in [-0.3, -0.25) is 4.79 Å². The Morgan fingerprint density at radius 2 is 1.94 bits per heavy atom. The first kappa shape index (κ1) is 24.3. The van der Waals surface area contributed by atoms with Crippen molar-refractivity contribution in [3.63, 3.8) is 0 Å². The molecule has 34 heavy (non-hydrogen) atoms. The van der Waals surface area contributed by atoms with Crippen LogP contribution in [-0.2, 0) is 14.4 Å². The molecule has 0 aromatic carbocycles. The van der Waals surface area contributed by atoms with Crippen LogP contribution < -0.4 is 0 Å². The van der Waals surface area contributed by atoms with Crippen molar-refractivity contribution in [2.24, 2.45) is 45.6 Å². The lowest BCUT2D eigenvalue weighted by atomic mass is 9.46. The summed E-state index contributed by atoms with van der Waals surface area (Å²) in [6, 6.07) is 0. The summed E-state index contributed by atoms with van der Waals surface area (Å²) >= 11 is 0. The van der Waals surface area contributed by atoms with Gasteiger partial charge in [-0.1, -0.05) is 44.5 Å². The molecule has 190 valence electrons. The molecule has 0 aromatic heterocycles. The Bertz CT molecular complexity index is 891. The molecule has 1 aliphatic heterocycles. The van der Waals surface area contributed by atoms with E-state index in [-0.39, 0.29) is 34.9 Å². The molecule has 0 aromatic rings. The van der Waals surface area contributed by atoms with Gasteiger partial charge >= 0.3 is 5.97 Å². The molecule has 5 rings (SSSR count). The lowest BCUT2D eigenvalue weighted by Gasteiger charge is -2.59. The highest BCUT2D eigenvalue weighted by atomic mass is 16.7. The van der Waals surface area contributed by atoms with E-state index in [0.29, 0.717) is 23.7 Å². The fraction of sp³-hybridized carbons (Fsp3) is 0.862. The van der Waals surface area contributed by atoms with Gasteiger partial charge in [-0.25, -0.2) is 0 Å². The van der Waals surface area contributed by atoms with Gasteiger partial charge in [-0.05, 0) is 92.3 Å². The molecule has 0 unspecified atom stereocenters. The molecule has 5 heteroatoms. The fourth-order valence-electron chi connectivity index (χ4n) is 9.20. The molecule has 0 bridgehead atoms. The van der Waals surface area contributed by atoms with Crippen molar-refractivity contribution >= 4 is 11.7 Å². The summed E-state index contributed by atoms with van der Waals surface area (Å²) in [7, 11) is 0. The van der Waals surface area contributed by atoms with Crippen molar-refractivity contribution in [1.29, 1.82) is 0 Å². The van der Waals surface area contributed by atoms with Crippen LogP contribution in [0, 0.1) is 40.4 Å². The van der Waals surface area contributed by atoms with Crippen molar-refractivity contribution in [2.75, 3.05) is 0 Å². The minimum atomic E-state index is -0.863. The molecule has 0 spiro atoms. The van der Waals surface area contributed by atoms with Crippen molar-refractivity contribution < 1.29 is 19.5 Å². The van der Waals surface area contributed by atoms with E-state index in [4.69, 9.17) is 9.57 Å². The molecule has 1 heterocycles. The zero-order valence-electron chi connectivity index (χ0n) is 22.1. The van der Waals surface area contributed by atoms with Gasteiger partial charge in [0.1, 0.15) is 11.7 Å². The summed E-state index contributed by atoms with van der Waals surface area (Å²) in [5.41, 5.74) is 2.13. The zero-order chi connectivity index (χ0) is 24.5. The maximum absolute atomic E-state index is 11.9. The van der Waals surface area contributed by atoms with Gasteiger partial charge in [0.05, 0.1) is 5.71 Å². The SMILES string of the molecule is CC(=O)O[C@H]1CC[C@@]2(C)C(=CC[C@H]3[C@H]2CC[C@@]2(C)[C@H]3CC[C@H]2[C@@](C)(O)[C@H]2CC(C(C)C)=NO2)C1. The van der Waals surface area contributed by atoms with Crippen LogP contribution >= 0.6 is 0 Å². The number of oxime groups is 1. The average Bonchev–Trinajstić information content (AvgIpc) is 3.39. The third-order valence-corrected chi connectivity index (χ3v) is 11.1. The van der Waals surface area contributed by atoms with Gasteiger partial charge in [0.25, 0.3) is 0 Å². The van der Waals surface area contributed by atoms with Gasteiger partial charge in [0.15, 0.2) is 6.10 Å². The first-order chi connectivity index (χ1) is 16.0. The number of fused-ring (bicyclic) bond motifs is 5. The van der Waals surface area contributed by atoms with Crippen LogP contribution in [0.4, 0.5) is 0 Å². The molecule has 0 amide bonds. The number of hydrogen-bond acceptors (Lipinski definition) is 5. The minimum absolute atomic E-state index is 0.0533. The van der Waals surface area contributed by atoms with E-state index in [0.717, 1.165) is 44.2 Å². The second kappa shape index (κ2) is 8.35. The summed E-state index contributed by atoms with van der Waals surface area (Å²) in [4.78, 5) is 17.4. The number of aliphatic hydroxyl groups is 1. The number of nitrogens with zero attached hydrogens (tertiary/aromatic N) is 1. The highest BCUT2D eigenvalue weighted by molar-refractivity contribution is 5.87. The standard InChI is InChI=1S/C29H45NO4/c1-17(2)24-16-26(34-30-24)29(6,32)25-10-9-22-21-8-7-19-15-20(33-18(3)31)11-13-27(19,4)23(21)12-14-28(22,25)5/h7,17,20-23,25-26,32H,8-16H2,1-6H3/t20-,21+,22-,23+,25+,26+,27-,28-,29+/m0/s1. The largest absolute Gasteiger partial charge is 0.462 e. The Morgan fingerprint density at radius 1 is 1.18 bits per heavy atom. The number of ether oxygens (including phenoxy) is 1. The van der Waals surface area contributed by atoms with Gasteiger partial charge in [0.2, 0.25) is 0 Å². The molecular weight excluding hydrogens is 426 g/mol. The van der Waals surface area contributed by atoms with E-state index in [1.165, 1.54) is 31.8 Å². The smallest absolute Gasteiger partial charge is 0.302 e. The normalized spacial score (nSPS) is 45.3. The van der Waals surface area contributed by atoms with Gasteiger partial charge in [-0.2, -0.15) is 0 Å². The zero-order valence-corrected chi connectivity index (χ0v) is 22.1. The van der Waals surface area contributed by atoms with Crippen LogP contribution in [0.5, 0.6) is 0 Å². The van der Waals surface area contributed by atoms with Crippen LogP contribution in [0.2, 0.25) is 0 Å². The average molecular weight is 472 g/mol. The maximum atomic E-state index is 11.9. The summed E-state index contributed by atoms with van der Waals surface area (Å²) in [6.07, 6.45) is 11.9. The Hall–Kier alpha value is -1.36. The van der Waals surface area contributed by atoms with Crippen LogP contribution in [-0.4, -0.2) is 34.6 Å². The number of carbonyl (C=O) groups is 1. The van der Waals surface area contributed by atoms with Crippen LogP contribution in [0.15, 0.2) is 16.8 Å². The highest BCUT2D eigenvalue weighted by Crippen LogP contribution is 2.68. The van der Waals surface area contributed by atoms with Crippen LogP contribution in [0.25, 0.3) is 0 Å². The van der Waals surface area contributed by atoms with Crippen molar-refractivity contribution in [3.8, 4) is 0 Å². The third kappa shape index (κ3) is 3.67. The lowest BCUT2D eigenvalue weighted by molar-refractivity contribution is -0.159. The van der Waals surface area contributed by atoms with Gasteiger partial charge in [-0.15, -0.1) is 0 Å². The molecule has 1 N–H and O–H groups in total. The summed E-state index contributed by atoms with van der Waals surface area (Å²) < 4.78 is 5.60. The Balaban J connectivity index is 1.35. The van der Waals surface area contributed by atoms with E-state index in [1.807, 2.05) is 6.92 Å². The monoisotopic (exact) mass is 471 g/mol. The van der Waals surface area contributed by atoms with E-state index in [2.05, 4.69) is 38.9 Å². The third-order valence-electron chi connectivity index (χ3n) is 11.1. The predicted molar refractivity (Wildman–Crippen MR) is 133 cm³/mol. The molecule has 0 radical (unpaired) electrons. The molecule has 4 aliphatic carbocycles. The molecule has 5 aliphatic rings. The predicted octanol–water partition coefficient (Wildman–Crippen LogP) is 6.05. The molecule has 5 nitrogen and oxygen atoms in total. The number of esters is 1. The first-order valence-corrected chi connectivity index (χ1v) is 13.8. The summed E-state index contributed by atoms with van der Waals surface area (Å²) in [5.74, 6) is 2.49. The second-order valence-corrected chi connectivity index (χ2v) is 13.2. The van der Waals surface area contributed by atoms with Crippen molar-refractivity contribution in [1.82, 2.24) is 0 Å². The lowest BCUT2D eigenvalue weighted by Crippen LogP contribution is -2.55. The first-order valence-electron chi connectivity index (χ1n) is 13.8. The quantitative estimate of drug-likeness (QED) is 0.400. The minimum Gasteiger partial charge on any atom is -0.462 e. The number of rotatable bonds is 4. The molecule has 9 atom stereocenters. The van der Waals surface area contributed by atoms with Crippen LogP contribution in [0.3, 0.4) is 0 Å². The number of allylic oxidation sites excluding steroid dienone is 1. The number of hydrogen-bond donors (Lipinski definition) is 1. The van der Waals surface area contributed by atoms with E-state index >= 15 is 0 Å². The molecular formula is C29H45NO4. The molecule has 0 saturated heterocycles. The Kier molecular flexibility index (Phi) is 5.98. The highest BCUT2D eigenvalue weighted by Gasteiger charge is 2.63. The van der Waals surface area contributed by atoms with Gasteiger partial charge in [0, 0.05) is 19.8 Å². The Labute approximate surface area is 205 Å². The van der Waals surface area contributed by atoms with E-state index in [1.54, 1.807) is 0 Å². The summed E-state index contributed by atoms with van der Waals surface area (Å²) in [5, 5.41) is 16.2. The molecule has 3 saturated carbocycles. The van der Waals surface area contributed by atoms with Gasteiger partial charge < -0.3 is 14.7 Å². The number of carbonyl (C=O) groups excluding carboxylic acids is 1. The fourth-order valence-corrected chi connectivity index (χ4v) is 9.20. The maximum Gasteiger partial charge on any atom is 0.302 e.